The summed E-state index contributed by atoms with van der Waals surface area (Å²) in [5.74, 6) is -0.318. The van der Waals surface area contributed by atoms with Crippen LogP contribution in [0.5, 0.6) is 0 Å². The van der Waals surface area contributed by atoms with Crippen LogP contribution < -0.4 is 5.32 Å². The monoisotopic (exact) mass is 269 g/mol. The molecule has 0 saturated carbocycles. The summed E-state index contributed by atoms with van der Waals surface area (Å²) in [7, 11) is 0. The predicted molar refractivity (Wildman–Crippen MR) is 66.3 cm³/mol. The van der Waals surface area contributed by atoms with Crippen LogP contribution in [0, 0.1) is 0 Å². The minimum atomic E-state index is -0.595. The molecular weight excluding hydrogens is 250 g/mol. The molecule has 0 spiro atoms. The van der Waals surface area contributed by atoms with Gasteiger partial charge in [-0.1, -0.05) is 0 Å². The fourth-order valence-corrected chi connectivity index (χ4v) is 2.18. The summed E-state index contributed by atoms with van der Waals surface area (Å²) in [6.45, 7) is 6.36. The van der Waals surface area contributed by atoms with Gasteiger partial charge >= 0.3 is 6.09 Å². The first-order chi connectivity index (χ1) is 8.78. The second-order valence-electron chi connectivity index (χ2n) is 5.75. The standard InChI is InChI=1S/C12H19N3O4/c1-12(2,3)19-11(18)14-4-5-15-8(7-14)10(17)13-6-9(15)16/h8H,4-7H2,1-3H3,(H,13,17). The molecule has 0 aromatic heterocycles. The molecule has 2 aliphatic heterocycles. The molecule has 1 N–H and O–H groups in total. The van der Waals surface area contributed by atoms with E-state index >= 15 is 0 Å². The van der Waals surface area contributed by atoms with E-state index in [2.05, 4.69) is 5.32 Å². The van der Waals surface area contributed by atoms with Crippen molar-refractivity contribution in [2.75, 3.05) is 26.2 Å². The van der Waals surface area contributed by atoms with E-state index in [1.165, 1.54) is 9.80 Å². The van der Waals surface area contributed by atoms with Crippen molar-refractivity contribution in [3.8, 4) is 0 Å². The van der Waals surface area contributed by atoms with Gasteiger partial charge in [0, 0.05) is 13.1 Å². The summed E-state index contributed by atoms with van der Waals surface area (Å²) in [5, 5.41) is 2.53. The fourth-order valence-electron chi connectivity index (χ4n) is 2.18. The Morgan fingerprint density at radius 1 is 1.32 bits per heavy atom. The highest BCUT2D eigenvalue weighted by Crippen LogP contribution is 2.16. The summed E-state index contributed by atoms with van der Waals surface area (Å²) >= 11 is 0. The average molecular weight is 269 g/mol. The van der Waals surface area contributed by atoms with E-state index < -0.39 is 17.7 Å². The van der Waals surface area contributed by atoms with E-state index in [4.69, 9.17) is 4.74 Å². The van der Waals surface area contributed by atoms with Crippen LogP contribution in [0.25, 0.3) is 0 Å². The number of hydrogen-bond acceptors (Lipinski definition) is 4. The fraction of sp³-hybridized carbons (Fsp3) is 0.750. The first kappa shape index (κ1) is 13.6. The van der Waals surface area contributed by atoms with Crippen molar-refractivity contribution in [3.05, 3.63) is 0 Å². The summed E-state index contributed by atoms with van der Waals surface area (Å²) < 4.78 is 5.27. The molecular formula is C12H19N3O4. The SMILES string of the molecule is CC(C)(C)OC(=O)N1CCN2C(=O)CNC(=O)C2C1. The molecule has 0 bridgehead atoms. The minimum Gasteiger partial charge on any atom is -0.444 e. The highest BCUT2D eigenvalue weighted by Gasteiger charge is 2.40. The highest BCUT2D eigenvalue weighted by molar-refractivity contribution is 5.95. The third-order valence-electron chi connectivity index (χ3n) is 3.07. The normalized spacial score (nSPS) is 23.8. The Bertz CT molecular complexity index is 416. The molecule has 2 saturated heterocycles. The molecule has 19 heavy (non-hydrogen) atoms. The summed E-state index contributed by atoms with van der Waals surface area (Å²) in [6.07, 6.45) is -0.446. The lowest BCUT2D eigenvalue weighted by Crippen LogP contribution is -2.66. The number of carbonyl (C=O) groups is 3. The number of hydrogen-bond donors (Lipinski definition) is 1. The number of rotatable bonds is 0. The third-order valence-corrected chi connectivity index (χ3v) is 3.07. The number of nitrogens with zero attached hydrogens (tertiary/aromatic N) is 2. The number of nitrogens with one attached hydrogen (secondary N) is 1. The molecule has 7 nitrogen and oxygen atoms in total. The molecule has 3 amide bonds. The van der Waals surface area contributed by atoms with Crippen LogP contribution in [0.4, 0.5) is 4.79 Å². The number of amides is 3. The smallest absolute Gasteiger partial charge is 0.410 e. The Balaban J connectivity index is 2.03. The zero-order valence-corrected chi connectivity index (χ0v) is 11.4. The van der Waals surface area contributed by atoms with Gasteiger partial charge in [0.05, 0.1) is 13.1 Å². The van der Waals surface area contributed by atoms with Crippen molar-refractivity contribution >= 4 is 17.9 Å². The van der Waals surface area contributed by atoms with E-state index in [1.54, 1.807) is 20.8 Å². The molecule has 1 atom stereocenters. The van der Waals surface area contributed by atoms with Gasteiger partial charge in [-0.15, -0.1) is 0 Å². The molecule has 2 aliphatic rings. The molecule has 106 valence electrons. The second kappa shape index (κ2) is 4.71. The molecule has 0 radical (unpaired) electrons. The van der Waals surface area contributed by atoms with Crippen LogP contribution in [0.1, 0.15) is 20.8 Å². The predicted octanol–water partition coefficient (Wildman–Crippen LogP) is -0.436. The number of ether oxygens (including phenoxy) is 1. The molecule has 2 heterocycles. The van der Waals surface area contributed by atoms with E-state index in [1.807, 2.05) is 0 Å². The van der Waals surface area contributed by atoms with Gasteiger partial charge in [0.25, 0.3) is 0 Å². The summed E-state index contributed by atoms with van der Waals surface area (Å²) in [6, 6.07) is -0.595. The molecule has 2 fully saturated rings. The molecule has 2 rings (SSSR count). The van der Waals surface area contributed by atoms with Crippen molar-refractivity contribution in [2.45, 2.75) is 32.4 Å². The molecule has 0 aromatic carbocycles. The quantitative estimate of drug-likeness (QED) is 0.647. The van der Waals surface area contributed by atoms with E-state index in [0.717, 1.165) is 0 Å². The zero-order valence-electron chi connectivity index (χ0n) is 11.4. The lowest BCUT2D eigenvalue weighted by molar-refractivity contribution is -0.148. The van der Waals surface area contributed by atoms with E-state index in [0.29, 0.717) is 13.1 Å². The average Bonchev–Trinajstić information content (AvgIpc) is 2.31. The van der Waals surface area contributed by atoms with Crippen LogP contribution in [-0.4, -0.2) is 65.5 Å². The van der Waals surface area contributed by atoms with Gasteiger partial charge in [0.1, 0.15) is 11.6 Å². The number of carbonyl (C=O) groups excluding carboxylic acids is 3. The van der Waals surface area contributed by atoms with Crippen molar-refractivity contribution in [3.63, 3.8) is 0 Å². The van der Waals surface area contributed by atoms with Gasteiger partial charge in [-0.2, -0.15) is 0 Å². The lowest BCUT2D eigenvalue weighted by Gasteiger charge is -2.42. The van der Waals surface area contributed by atoms with Crippen LogP contribution in [0.2, 0.25) is 0 Å². The Labute approximate surface area is 111 Å². The van der Waals surface area contributed by atoms with Crippen LogP contribution in [-0.2, 0) is 14.3 Å². The van der Waals surface area contributed by atoms with Gasteiger partial charge < -0.3 is 19.9 Å². The maximum atomic E-state index is 11.9. The van der Waals surface area contributed by atoms with Crippen molar-refractivity contribution in [1.29, 1.82) is 0 Å². The van der Waals surface area contributed by atoms with Crippen molar-refractivity contribution in [1.82, 2.24) is 15.1 Å². The molecule has 0 aromatic rings. The number of fused-ring (bicyclic) bond motifs is 1. The first-order valence-corrected chi connectivity index (χ1v) is 6.33. The number of piperazine rings is 2. The minimum absolute atomic E-state index is 0.0434. The maximum Gasteiger partial charge on any atom is 0.410 e. The Morgan fingerprint density at radius 3 is 2.63 bits per heavy atom. The largest absolute Gasteiger partial charge is 0.444 e. The van der Waals surface area contributed by atoms with Gasteiger partial charge in [-0.3, -0.25) is 9.59 Å². The molecule has 7 heteroatoms. The summed E-state index contributed by atoms with van der Waals surface area (Å²) in [5.41, 5.74) is -0.571. The first-order valence-electron chi connectivity index (χ1n) is 6.33. The van der Waals surface area contributed by atoms with E-state index in [-0.39, 0.29) is 24.9 Å². The maximum absolute atomic E-state index is 11.9. The van der Waals surface area contributed by atoms with Crippen molar-refractivity contribution in [2.24, 2.45) is 0 Å². The Morgan fingerprint density at radius 2 is 2.00 bits per heavy atom. The molecule has 1 unspecified atom stereocenters. The van der Waals surface area contributed by atoms with E-state index in [9.17, 15) is 14.4 Å². The van der Waals surface area contributed by atoms with Crippen LogP contribution in [0.15, 0.2) is 0 Å². The van der Waals surface area contributed by atoms with Gasteiger partial charge in [0.15, 0.2) is 0 Å². The van der Waals surface area contributed by atoms with Crippen molar-refractivity contribution < 1.29 is 19.1 Å². The topological polar surface area (TPSA) is 79.0 Å². The molecule has 0 aliphatic carbocycles. The van der Waals surface area contributed by atoms with Gasteiger partial charge in [-0.25, -0.2) is 4.79 Å². The Hall–Kier alpha value is -1.79. The zero-order chi connectivity index (χ0) is 14.2. The Kier molecular flexibility index (Phi) is 3.38. The van der Waals surface area contributed by atoms with Crippen LogP contribution in [0.3, 0.4) is 0 Å². The second-order valence-corrected chi connectivity index (χ2v) is 5.75. The van der Waals surface area contributed by atoms with Crippen LogP contribution >= 0.6 is 0 Å². The highest BCUT2D eigenvalue weighted by atomic mass is 16.6. The summed E-state index contributed by atoms with van der Waals surface area (Å²) in [4.78, 5) is 38.3. The van der Waals surface area contributed by atoms with Gasteiger partial charge in [0.2, 0.25) is 11.8 Å². The lowest BCUT2D eigenvalue weighted by atomic mass is 10.1. The third kappa shape index (κ3) is 2.97. The van der Waals surface area contributed by atoms with Gasteiger partial charge in [-0.05, 0) is 20.8 Å².